The van der Waals surface area contributed by atoms with Gasteiger partial charge in [-0.3, -0.25) is 4.79 Å². The molecule has 1 atom stereocenters. The number of aliphatic hydroxyl groups is 2. The van der Waals surface area contributed by atoms with E-state index in [2.05, 4.69) is 25.2 Å². The van der Waals surface area contributed by atoms with E-state index in [-0.39, 0.29) is 34.0 Å². The van der Waals surface area contributed by atoms with Crippen LogP contribution in [0.5, 0.6) is 0 Å². The molecule has 0 radical (unpaired) electrons. The zero-order valence-electron chi connectivity index (χ0n) is 20.8. The molecule has 4 N–H and O–H groups in total. The lowest BCUT2D eigenvalue weighted by atomic mass is 9.92. The molecule has 0 saturated carbocycles. The van der Waals surface area contributed by atoms with Crippen LogP contribution in [0, 0.1) is 5.82 Å². The number of anilines is 3. The number of hydrogen-bond acceptors (Lipinski definition) is 7. The topological polar surface area (TPSA) is 114 Å². The Labute approximate surface area is 220 Å². The summed E-state index contributed by atoms with van der Waals surface area (Å²) in [5.74, 6) is -0.486. The Kier molecular flexibility index (Phi) is 6.77. The summed E-state index contributed by atoms with van der Waals surface area (Å²) in [6.07, 6.45) is -0.987. The fourth-order valence-electron chi connectivity index (χ4n) is 4.53. The van der Waals surface area contributed by atoms with Gasteiger partial charge in [0.25, 0.3) is 5.56 Å². The zero-order chi connectivity index (χ0) is 27.9. The van der Waals surface area contributed by atoms with E-state index in [1.54, 1.807) is 12.3 Å². The molecule has 12 heteroatoms. The van der Waals surface area contributed by atoms with E-state index in [9.17, 15) is 32.6 Å². The highest BCUT2D eigenvalue weighted by Gasteiger charge is 2.51. The van der Waals surface area contributed by atoms with Crippen LogP contribution in [0.25, 0.3) is 22.2 Å². The molecule has 1 fully saturated rings. The molecule has 1 aliphatic heterocycles. The molecule has 5 rings (SSSR count). The summed E-state index contributed by atoms with van der Waals surface area (Å²) in [6.45, 7) is 1.97. The van der Waals surface area contributed by atoms with Gasteiger partial charge in [0, 0.05) is 24.8 Å². The number of alkyl halides is 3. The molecule has 0 spiro atoms. The van der Waals surface area contributed by atoms with E-state index in [1.165, 1.54) is 18.3 Å². The lowest BCUT2D eigenvalue weighted by Gasteiger charge is -2.31. The van der Waals surface area contributed by atoms with Gasteiger partial charge in [0.1, 0.15) is 11.6 Å². The largest absolute Gasteiger partial charge is 0.421 e. The van der Waals surface area contributed by atoms with Crippen molar-refractivity contribution in [2.75, 3.05) is 23.3 Å². The number of hydrogen-bond donors (Lipinski definition) is 4. The summed E-state index contributed by atoms with van der Waals surface area (Å²) < 4.78 is 55.2. The van der Waals surface area contributed by atoms with Crippen LogP contribution in [0.4, 0.5) is 34.8 Å². The predicted molar refractivity (Wildman–Crippen MR) is 138 cm³/mol. The van der Waals surface area contributed by atoms with E-state index in [1.807, 2.05) is 6.07 Å². The van der Waals surface area contributed by atoms with Crippen molar-refractivity contribution in [2.45, 2.75) is 37.6 Å². The van der Waals surface area contributed by atoms with Crippen molar-refractivity contribution in [1.82, 2.24) is 15.0 Å². The Hall–Kier alpha value is -4.03. The van der Waals surface area contributed by atoms with Crippen molar-refractivity contribution in [3.8, 4) is 11.3 Å². The van der Waals surface area contributed by atoms with E-state index < -0.39 is 28.7 Å². The summed E-state index contributed by atoms with van der Waals surface area (Å²) in [5, 5.41) is 23.0. The number of rotatable bonds is 5. The van der Waals surface area contributed by atoms with Gasteiger partial charge in [-0.25, -0.2) is 14.4 Å². The predicted octanol–water partition coefficient (Wildman–Crippen LogP) is 4.60. The van der Waals surface area contributed by atoms with Crippen molar-refractivity contribution in [2.24, 2.45) is 0 Å². The number of piperidine rings is 1. The van der Waals surface area contributed by atoms with Gasteiger partial charge in [-0.05, 0) is 61.7 Å². The molecule has 1 aromatic carbocycles. The molecule has 0 aliphatic carbocycles. The maximum Gasteiger partial charge on any atom is 0.421 e. The quantitative estimate of drug-likeness (QED) is 0.272. The molecule has 4 heterocycles. The van der Waals surface area contributed by atoms with E-state index in [0.29, 0.717) is 38.7 Å². The summed E-state index contributed by atoms with van der Waals surface area (Å²) in [6, 6.07) is 8.98. The molecule has 39 heavy (non-hydrogen) atoms. The number of pyridine rings is 3. The van der Waals surface area contributed by atoms with Crippen molar-refractivity contribution in [3.05, 3.63) is 76.6 Å². The third-order valence-electron chi connectivity index (χ3n) is 6.93. The Morgan fingerprint density at radius 1 is 1.10 bits per heavy atom. The van der Waals surface area contributed by atoms with Gasteiger partial charge in [0.2, 0.25) is 0 Å². The van der Waals surface area contributed by atoms with Crippen LogP contribution in [0.1, 0.15) is 25.3 Å². The number of nitrogens with one attached hydrogen (secondary N) is 2. The first-order valence-electron chi connectivity index (χ1n) is 12.2. The van der Waals surface area contributed by atoms with Crippen LogP contribution >= 0.6 is 0 Å². The third kappa shape index (κ3) is 5.17. The normalized spacial score (nSPS) is 16.3. The standard InChI is InChI=1S/C27H25F4N5O3/c1-26(39,27(29,30)31)15-2-4-19(28)18(12-15)21-13-22(24-20(34-21)6-9-32-25(24)38)35-23-5-3-16(14-33-23)36-10-7-17(37)8-11-36/h2-6,9,12-14,17,37,39H,7-8,10-11H2,1H3,(H,32,38)(H,33,34,35). The highest BCUT2D eigenvalue weighted by Crippen LogP contribution is 2.40. The maximum absolute atomic E-state index is 14.9. The van der Waals surface area contributed by atoms with E-state index >= 15 is 0 Å². The first-order chi connectivity index (χ1) is 18.4. The molecule has 1 unspecified atom stereocenters. The number of fused-ring (bicyclic) bond motifs is 1. The van der Waals surface area contributed by atoms with Crippen molar-refractivity contribution in [1.29, 1.82) is 0 Å². The van der Waals surface area contributed by atoms with Crippen molar-refractivity contribution in [3.63, 3.8) is 0 Å². The summed E-state index contributed by atoms with van der Waals surface area (Å²) in [5.41, 5.74) is -3.33. The highest BCUT2D eigenvalue weighted by molar-refractivity contribution is 5.94. The molecular formula is C27H25F4N5O3. The van der Waals surface area contributed by atoms with E-state index in [0.717, 1.165) is 23.9 Å². The molecule has 8 nitrogen and oxygen atoms in total. The zero-order valence-corrected chi connectivity index (χ0v) is 20.8. The first-order valence-corrected chi connectivity index (χ1v) is 12.2. The van der Waals surface area contributed by atoms with Crippen molar-refractivity contribution >= 4 is 28.1 Å². The van der Waals surface area contributed by atoms with Gasteiger partial charge in [-0.2, -0.15) is 13.2 Å². The van der Waals surface area contributed by atoms with Gasteiger partial charge in [-0.15, -0.1) is 0 Å². The van der Waals surface area contributed by atoms with Gasteiger partial charge in [0.15, 0.2) is 5.60 Å². The van der Waals surface area contributed by atoms with Crippen LogP contribution in [-0.2, 0) is 5.60 Å². The summed E-state index contributed by atoms with van der Waals surface area (Å²) in [7, 11) is 0. The molecule has 1 aliphatic rings. The monoisotopic (exact) mass is 543 g/mol. The maximum atomic E-state index is 14.9. The Morgan fingerprint density at radius 2 is 1.85 bits per heavy atom. The van der Waals surface area contributed by atoms with E-state index in [4.69, 9.17) is 0 Å². The lowest BCUT2D eigenvalue weighted by molar-refractivity contribution is -0.258. The van der Waals surface area contributed by atoms with Crippen LogP contribution in [0.2, 0.25) is 0 Å². The number of aromatic amines is 1. The fraction of sp³-hybridized carbons (Fsp3) is 0.296. The second-order valence-electron chi connectivity index (χ2n) is 9.63. The second-order valence-corrected chi connectivity index (χ2v) is 9.63. The molecule has 0 amide bonds. The number of aromatic nitrogens is 3. The van der Waals surface area contributed by atoms with Crippen LogP contribution < -0.4 is 15.8 Å². The minimum atomic E-state index is -5.00. The summed E-state index contributed by atoms with van der Waals surface area (Å²) >= 11 is 0. The highest BCUT2D eigenvalue weighted by atomic mass is 19.4. The number of aliphatic hydroxyl groups excluding tert-OH is 1. The minimum Gasteiger partial charge on any atom is -0.393 e. The van der Waals surface area contributed by atoms with Crippen LogP contribution in [0.3, 0.4) is 0 Å². The third-order valence-corrected chi connectivity index (χ3v) is 6.93. The molecule has 4 aromatic rings. The van der Waals surface area contributed by atoms with Crippen LogP contribution in [-0.4, -0.2) is 50.5 Å². The Bertz CT molecular complexity index is 1560. The smallest absolute Gasteiger partial charge is 0.393 e. The minimum absolute atomic E-state index is 0.0450. The average molecular weight is 544 g/mol. The molecule has 3 aromatic heterocycles. The molecule has 1 saturated heterocycles. The Morgan fingerprint density at radius 3 is 2.51 bits per heavy atom. The SMILES string of the molecule is CC(O)(c1ccc(F)c(-c2cc(Nc3ccc(N4CCC(O)CC4)cn3)c3c(=O)[nH]ccc3n2)c1)C(F)(F)F. The molecule has 0 bridgehead atoms. The molecular weight excluding hydrogens is 518 g/mol. The molecule has 204 valence electrons. The second kappa shape index (κ2) is 9.93. The number of nitrogens with zero attached hydrogens (tertiary/aromatic N) is 3. The first kappa shape index (κ1) is 26.6. The lowest BCUT2D eigenvalue weighted by Crippen LogP contribution is -2.39. The van der Waals surface area contributed by atoms with Gasteiger partial charge in [0.05, 0.1) is 40.3 Å². The van der Waals surface area contributed by atoms with Gasteiger partial charge in [-0.1, -0.05) is 6.07 Å². The number of benzene rings is 1. The number of halogens is 4. The summed E-state index contributed by atoms with van der Waals surface area (Å²) in [4.78, 5) is 26.1. The fourth-order valence-corrected chi connectivity index (χ4v) is 4.53. The van der Waals surface area contributed by atoms with Crippen molar-refractivity contribution < 1.29 is 27.8 Å². The number of H-pyrrole nitrogens is 1. The van der Waals surface area contributed by atoms with Gasteiger partial charge < -0.3 is 25.4 Å². The van der Waals surface area contributed by atoms with Gasteiger partial charge >= 0.3 is 6.18 Å². The Balaban J connectivity index is 1.54. The van der Waals surface area contributed by atoms with Crippen LogP contribution in [0.15, 0.2) is 59.7 Å². The average Bonchev–Trinajstić information content (AvgIpc) is 2.89.